The Hall–Kier alpha value is -2.23. The molecule has 0 radical (unpaired) electrons. The van der Waals surface area contributed by atoms with Crippen LogP contribution < -0.4 is 10.2 Å². The molecule has 4 nitrogen and oxygen atoms in total. The Bertz CT molecular complexity index is 676. The molecule has 0 amide bonds. The second kappa shape index (κ2) is 9.16. The van der Waals surface area contributed by atoms with Crippen LogP contribution in [0.1, 0.15) is 45.1 Å². The first-order valence-corrected chi connectivity index (χ1v) is 8.73. The molecule has 0 aliphatic heterocycles. The van der Waals surface area contributed by atoms with E-state index in [0.717, 1.165) is 18.5 Å². The van der Waals surface area contributed by atoms with Crippen molar-refractivity contribution >= 4 is 0 Å². The van der Waals surface area contributed by atoms with Gasteiger partial charge in [-0.1, -0.05) is 45.2 Å². The molecule has 2 rings (SSSR count). The lowest BCUT2D eigenvalue weighted by Gasteiger charge is -2.17. The summed E-state index contributed by atoms with van der Waals surface area (Å²) in [6.07, 6.45) is 8.44. The second-order valence-corrected chi connectivity index (χ2v) is 6.24. The summed E-state index contributed by atoms with van der Waals surface area (Å²) in [7, 11) is 0. The Balaban J connectivity index is 2.02. The van der Waals surface area contributed by atoms with Crippen LogP contribution in [0.2, 0.25) is 0 Å². The van der Waals surface area contributed by atoms with Gasteiger partial charge in [0.05, 0.1) is 6.20 Å². The molecule has 24 heavy (non-hydrogen) atoms. The molecule has 1 unspecified atom stereocenters. The number of aromatic nitrogens is 1. The molecule has 0 aliphatic carbocycles. The first kappa shape index (κ1) is 18.1. The number of rotatable bonds is 9. The van der Waals surface area contributed by atoms with Crippen LogP contribution >= 0.6 is 0 Å². The molecule has 4 heteroatoms. The summed E-state index contributed by atoms with van der Waals surface area (Å²) in [5.74, 6) is 1.21. The summed E-state index contributed by atoms with van der Waals surface area (Å²) in [6.45, 7) is 5.64. The Morgan fingerprint density at radius 1 is 1.17 bits per heavy atom. The van der Waals surface area contributed by atoms with E-state index in [1.165, 1.54) is 19.3 Å². The quantitative estimate of drug-likeness (QED) is 0.744. The number of ether oxygens (including phenoxy) is 1. The molecule has 1 atom stereocenters. The van der Waals surface area contributed by atoms with Crippen LogP contribution in [0.4, 0.5) is 0 Å². The third kappa shape index (κ3) is 5.44. The highest BCUT2D eigenvalue weighted by Gasteiger charge is 2.08. The zero-order chi connectivity index (χ0) is 17.4. The summed E-state index contributed by atoms with van der Waals surface area (Å²) in [5, 5.41) is 9.30. The van der Waals surface area contributed by atoms with Gasteiger partial charge in [0.2, 0.25) is 5.43 Å². The van der Waals surface area contributed by atoms with Crippen molar-refractivity contribution in [3.05, 3.63) is 58.5 Å². The molecular formula is C20H27NO3. The maximum atomic E-state index is 12.0. The highest BCUT2D eigenvalue weighted by atomic mass is 16.5. The van der Waals surface area contributed by atoms with Gasteiger partial charge in [0.25, 0.3) is 0 Å². The molecule has 2 aromatic rings. The number of aromatic hydroxyl groups is 1. The van der Waals surface area contributed by atoms with Crippen molar-refractivity contribution in [2.24, 2.45) is 5.92 Å². The number of unbranched alkanes of at least 4 members (excludes halogenated alkanes) is 1. The monoisotopic (exact) mass is 329 g/mol. The molecule has 130 valence electrons. The van der Waals surface area contributed by atoms with Gasteiger partial charge in [0.15, 0.2) is 5.75 Å². The molecule has 1 aromatic heterocycles. The minimum absolute atomic E-state index is 0.105. The van der Waals surface area contributed by atoms with Crippen molar-refractivity contribution in [1.82, 2.24) is 4.57 Å². The predicted octanol–water partition coefficient (Wildman–Crippen LogP) is 4.35. The first-order valence-electron chi connectivity index (χ1n) is 8.73. The van der Waals surface area contributed by atoms with Gasteiger partial charge in [-0.2, -0.15) is 0 Å². The van der Waals surface area contributed by atoms with E-state index in [1.807, 2.05) is 6.20 Å². The zero-order valence-corrected chi connectivity index (χ0v) is 14.6. The van der Waals surface area contributed by atoms with Gasteiger partial charge >= 0.3 is 0 Å². The SMILES string of the molecule is CCCCC(CC)Cn1ccc(=O)c(OCc2ccc(O)cc2)c1. The number of pyridine rings is 1. The fraction of sp³-hybridized carbons (Fsp3) is 0.450. The van der Waals surface area contributed by atoms with E-state index in [9.17, 15) is 9.90 Å². The predicted molar refractivity (Wildman–Crippen MR) is 96.4 cm³/mol. The topological polar surface area (TPSA) is 51.5 Å². The van der Waals surface area contributed by atoms with Crippen molar-refractivity contribution in [2.75, 3.05) is 0 Å². The van der Waals surface area contributed by atoms with Crippen LogP contribution in [0.15, 0.2) is 47.5 Å². The van der Waals surface area contributed by atoms with Crippen LogP contribution in [0, 0.1) is 5.92 Å². The van der Waals surface area contributed by atoms with E-state index in [2.05, 4.69) is 18.4 Å². The highest BCUT2D eigenvalue weighted by molar-refractivity contribution is 5.26. The molecule has 0 bridgehead atoms. The molecule has 0 saturated carbocycles. The fourth-order valence-electron chi connectivity index (χ4n) is 2.69. The lowest BCUT2D eigenvalue weighted by molar-refractivity contribution is 0.297. The second-order valence-electron chi connectivity index (χ2n) is 6.24. The average molecular weight is 329 g/mol. The van der Waals surface area contributed by atoms with Crippen molar-refractivity contribution in [2.45, 2.75) is 52.7 Å². The molecule has 1 heterocycles. The zero-order valence-electron chi connectivity index (χ0n) is 14.6. The van der Waals surface area contributed by atoms with Gasteiger partial charge in [-0.3, -0.25) is 4.79 Å². The van der Waals surface area contributed by atoms with E-state index in [4.69, 9.17) is 4.74 Å². The van der Waals surface area contributed by atoms with Crippen molar-refractivity contribution in [1.29, 1.82) is 0 Å². The van der Waals surface area contributed by atoms with Gasteiger partial charge in [-0.05, 0) is 30.0 Å². The summed E-state index contributed by atoms with van der Waals surface area (Å²) in [6, 6.07) is 8.37. The number of benzene rings is 1. The average Bonchev–Trinajstić information content (AvgIpc) is 2.60. The van der Waals surface area contributed by atoms with Crippen LogP contribution in [-0.4, -0.2) is 9.67 Å². The maximum absolute atomic E-state index is 12.0. The summed E-state index contributed by atoms with van der Waals surface area (Å²) in [4.78, 5) is 12.0. The largest absolute Gasteiger partial charge is 0.508 e. The van der Waals surface area contributed by atoms with Crippen molar-refractivity contribution < 1.29 is 9.84 Å². The van der Waals surface area contributed by atoms with Crippen LogP contribution in [0.25, 0.3) is 0 Å². The smallest absolute Gasteiger partial charge is 0.223 e. The molecule has 0 aliphatic rings. The summed E-state index contributed by atoms with van der Waals surface area (Å²) in [5.41, 5.74) is 0.809. The Labute approximate surface area is 143 Å². The van der Waals surface area contributed by atoms with Crippen LogP contribution in [-0.2, 0) is 13.2 Å². The van der Waals surface area contributed by atoms with Crippen molar-refractivity contribution in [3.8, 4) is 11.5 Å². The standard InChI is InChI=1S/C20H27NO3/c1-3-5-6-16(4-2)13-21-12-11-19(23)20(14-21)24-15-17-7-9-18(22)10-8-17/h7-12,14,16,22H,3-6,13,15H2,1-2H3. The van der Waals surface area contributed by atoms with E-state index in [-0.39, 0.29) is 11.2 Å². The van der Waals surface area contributed by atoms with Gasteiger partial charge in [-0.15, -0.1) is 0 Å². The normalized spacial score (nSPS) is 12.1. The maximum Gasteiger partial charge on any atom is 0.223 e. The van der Waals surface area contributed by atoms with Gasteiger partial charge < -0.3 is 14.4 Å². The van der Waals surface area contributed by atoms with Gasteiger partial charge in [0.1, 0.15) is 12.4 Å². The van der Waals surface area contributed by atoms with E-state index >= 15 is 0 Å². The third-order valence-corrected chi connectivity index (χ3v) is 4.29. The number of phenolic OH excluding ortho intramolecular Hbond substituents is 1. The number of hydrogen-bond acceptors (Lipinski definition) is 3. The minimum atomic E-state index is -0.105. The lowest BCUT2D eigenvalue weighted by Crippen LogP contribution is -2.14. The molecular weight excluding hydrogens is 302 g/mol. The van der Waals surface area contributed by atoms with Gasteiger partial charge in [-0.25, -0.2) is 0 Å². The van der Waals surface area contributed by atoms with Gasteiger partial charge in [0, 0.05) is 18.8 Å². The van der Waals surface area contributed by atoms with Crippen molar-refractivity contribution in [3.63, 3.8) is 0 Å². The molecule has 1 aromatic carbocycles. The Morgan fingerprint density at radius 3 is 2.58 bits per heavy atom. The highest BCUT2D eigenvalue weighted by Crippen LogP contribution is 2.16. The van der Waals surface area contributed by atoms with Crippen LogP contribution in [0.5, 0.6) is 11.5 Å². The van der Waals surface area contributed by atoms with E-state index in [0.29, 0.717) is 18.3 Å². The molecule has 0 saturated heterocycles. The number of phenols is 1. The lowest BCUT2D eigenvalue weighted by atomic mass is 9.99. The Kier molecular flexibility index (Phi) is 6.91. The minimum Gasteiger partial charge on any atom is -0.508 e. The van der Waals surface area contributed by atoms with Crippen LogP contribution in [0.3, 0.4) is 0 Å². The Morgan fingerprint density at radius 2 is 1.92 bits per heavy atom. The number of nitrogens with zero attached hydrogens (tertiary/aromatic N) is 1. The summed E-state index contributed by atoms with van der Waals surface area (Å²) < 4.78 is 7.74. The molecule has 0 spiro atoms. The molecule has 0 fully saturated rings. The number of hydrogen-bond donors (Lipinski definition) is 1. The van der Waals surface area contributed by atoms with E-state index < -0.39 is 0 Å². The summed E-state index contributed by atoms with van der Waals surface area (Å²) >= 11 is 0. The molecule has 1 N–H and O–H groups in total. The first-order chi connectivity index (χ1) is 11.6. The van der Waals surface area contributed by atoms with E-state index in [1.54, 1.807) is 36.5 Å². The third-order valence-electron chi connectivity index (χ3n) is 4.29. The fourth-order valence-corrected chi connectivity index (χ4v) is 2.69.